The molecule has 0 bridgehead atoms. The Hall–Kier alpha value is -3.72. The molecule has 0 fully saturated rings. The van der Waals surface area contributed by atoms with Gasteiger partial charge in [-0.3, -0.25) is 0 Å². The summed E-state index contributed by atoms with van der Waals surface area (Å²) in [5, 5.41) is 7.64. The monoisotopic (exact) mass is 435 g/mol. The molecule has 4 aromatic carbocycles. The molecule has 3 heteroatoms. The molecule has 7 rings (SSSR count). The Morgan fingerprint density at radius 1 is 0.364 bits per heavy atom. The maximum atomic E-state index is 3.71. The van der Waals surface area contributed by atoms with Crippen molar-refractivity contribution in [2.45, 2.75) is 41.5 Å². The van der Waals surface area contributed by atoms with Crippen molar-refractivity contribution in [3.63, 3.8) is 0 Å². The van der Waals surface area contributed by atoms with E-state index in [1.54, 1.807) is 0 Å². The number of rotatable bonds is 0. The van der Waals surface area contributed by atoms with Crippen LogP contribution < -0.4 is 0 Å². The number of para-hydroxylation sites is 3. The van der Waals surface area contributed by atoms with Crippen molar-refractivity contribution in [1.29, 1.82) is 0 Å². The lowest BCUT2D eigenvalue weighted by Gasteiger charge is -2.00. The quantitative estimate of drug-likeness (QED) is 0.212. The van der Waals surface area contributed by atoms with Gasteiger partial charge in [0.15, 0.2) is 0 Å². The summed E-state index contributed by atoms with van der Waals surface area (Å²) in [6.07, 6.45) is 0. The molecule has 3 aromatic heterocycles. The summed E-state index contributed by atoms with van der Waals surface area (Å²) in [6.45, 7) is 12.0. The predicted octanol–water partition coefficient (Wildman–Crippen LogP) is 9.67. The number of H-pyrrole nitrogens is 3. The van der Waals surface area contributed by atoms with Crippen LogP contribution in [-0.2, 0) is 0 Å². The number of aromatic nitrogens is 3. The van der Waals surface area contributed by atoms with Gasteiger partial charge in [0.2, 0.25) is 0 Å². The second-order valence-electron chi connectivity index (χ2n) is 7.26. The van der Waals surface area contributed by atoms with E-state index in [-0.39, 0.29) is 0 Å². The van der Waals surface area contributed by atoms with Gasteiger partial charge in [-0.2, -0.15) is 0 Å². The third-order valence-electron chi connectivity index (χ3n) is 5.87. The number of hydrogen-bond donors (Lipinski definition) is 3. The van der Waals surface area contributed by atoms with Gasteiger partial charge in [-0.1, -0.05) is 96.1 Å². The molecule has 0 saturated heterocycles. The fourth-order valence-electron chi connectivity index (χ4n) is 4.77. The van der Waals surface area contributed by atoms with E-state index in [0.29, 0.717) is 0 Å². The van der Waals surface area contributed by atoms with Crippen LogP contribution in [0.3, 0.4) is 0 Å². The van der Waals surface area contributed by atoms with E-state index < -0.39 is 0 Å². The molecule has 3 nitrogen and oxygen atoms in total. The molecule has 0 aliphatic rings. The van der Waals surface area contributed by atoms with Crippen LogP contribution in [-0.4, -0.2) is 15.0 Å². The van der Waals surface area contributed by atoms with Crippen molar-refractivity contribution >= 4 is 65.4 Å². The van der Waals surface area contributed by atoms with Gasteiger partial charge in [0.25, 0.3) is 0 Å². The molecule has 0 aliphatic carbocycles. The SMILES string of the molecule is CC.CC.CC.c1ccc2c(c1)[nH]c1c3[nH]c4ccccc4c3c3c4ccccc4[nH]c3c21. The van der Waals surface area contributed by atoms with Gasteiger partial charge in [0, 0.05) is 48.9 Å². The Kier molecular flexibility index (Phi) is 6.41. The molecule has 33 heavy (non-hydrogen) atoms. The van der Waals surface area contributed by atoms with Gasteiger partial charge < -0.3 is 15.0 Å². The van der Waals surface area contributed by atoms with Gasteiger partial charge in [-0.25, -0.2) is 0 Å². The van der Waals surface area contributed by atoms with Gasteiger partial charge >= 0.3 is 0 Å². The molecule has 3 heterocycles. The van der Waals surface area contributed by atoms with E-state index in [4.69, 9.17) is 0 Å². The van der Waals surface area contributed by atoms with Crippen LogP contribution >= 0.6 is 0 Å². The van der Waals surface area contributed by atoms with Gasteiger partial charge in [0.1, 0.15) is 0 Å². The van der Waals surface area contributed by atoms with Crippen molar-refractivity contribution in [2.75, 3.05) is 0 Å². The minimum Gasteiger partial charge on any atom is -0.354 e. The Morgan fingerprint density at radius 3 is 1.12 bits per heavy atom. The van der Waals surface area contributed by atoms with Crippen LogP contribution in [0.4, 0.5) is 0 Å². The summed E-state index contributed by atoms with van der Waals surface area (Å²) in [7, 11) is 0. The van der Waals surface area contributed by atoms with Crippen LogP contribution in [0, 0.1) is 0 Å². The zero-order chi connectivity index (χ0) is 23.5. The average Bonchev–Trinajstić information content (AvgIpc) is 3.58. The van der Waals surface area contributed by atoms with E-state index in [1.807, 2.05) is 41.5 Å². The third kappa shape index (κ3) is 3.27. The summed E-state index contributed by atoms with van der Waals surface area (Å²) in [5.74, 6) is 0. The highest BCUT2D eigenvalue weighted by Crippen LogP contribution is 2.43. The first kappa shape index (κ1) is 22.5. The first-order chi connectivity index (χ1) is 16.4. The van der Waals surface area contributed by atoms with Crippen LogP contribution in [0.5, 0.6) is 0 Å². The maximum Gasteiger partial charge on any atom is 0.0732 e. The molecule has 0 amide bonds. The highest BCUT2D eigenvalue weighted by atomic mass is 14.8. The second kappa shape index (κ2) is 9.41. The predicted molar refractivity (Wildman–Crippen MR) is 149 cm³/mol. The molecule has 3 N–H and O–H groups in total. The fraction of sp³-hybridized carbons (Fsp3) is 0.200. The van der Waals surface area contributed by atoms with Crippen molar-refractivity contribution in [1.82, 2.24) is 15.0 Å². The number of nitrogens with one attached hydrogen (secondary N) is 3. The third-order valence-corrected chi connectivity index (χ3v) is 5.87. The molecule has 7 aromatic rings. The van der Waals surface area contributed by atoms with Gasteiger partial charge in [-0.15, -0.1) is 0 Å². The van der Waals surface area contributed by atoms with Crippen molar-refractivity contribution in [2.24, 2.45) is 0 Å². The standard InChI is InChI=1S/C24H15N3.3C2H6/c1-4-10-16-13(7-1)19-20-14-8-2-5-11-17(14)26-23(20)24-21(22(19)25-16)15-9-3-6-12-18(15)27-24;3*1-2/h1-12,25-27H;3*1-2H3. The molecular weight excluding hydrogens is 402 g/mol. The number of benzene rings is 4. The fourth-order valence-corrected chi connectivity index (χ4v) is 4.77. The summed E-state index contributed by atoms with van der Waals surface area (Å²) in [6, 6.07) is 25.7. The van der Waals surface area contributed by atoms with E-state index in [9.17, 15) is 0 Å². The van der Waals surface area contributed by atoms with Crippen LogP contribution in [0.25, 0.3) is 65.4 Å². The number of fused-ring (bicyclic) bond motifs is 12. The molecule has 0 saturated carbocycles. The lowest BCUT2D eigenvalue weighted by atomic mass is 10.0. The van der Waals surface area contributed by atoms with Crippen LogP contribution in [0.2, 0.25) is 0 Å². The zero-order valence-corrected chi connectivity index (χ0v) is 20.4. The second-order valence-corrected chi connectivity index (χ2v) is 7.26. The zero-order valence-electron chi connectivity index (χ0n) is 20.4. The molecule has 168 valence electrons. The summed E-state index contributed by atoms with van der Waals surface area (Å²) in [4.78, 5) is 11.1. The van der Waals surface area contributed by atoms with E-state index >= 15 is 0 Å². The van der Waals surface area contributed by atoms with Gasteiger partial charge in [-0.05, 0) is 18.2 Å². The number of hydrogen-bond acceptors (Lipinski definition) is 0. The van der Waals surface area contributed by atoms with E-state index in [1.165, 1.54) is 65.4 Å². The average molecular weight is 436 g/mol. The van der Waals surface area contributed by atoms with Gasteiger partial charge in [0.05, 0.1) is 16.6 Å². The van der Waals surface area contributed by atoms with Crippen molar-refractivity contribution in [3.8, 4) is 0 Å². The Balaban J connectivity index is 0.000000403. The Morgan fingerprint density at radius 2 is 0.667 bits per heavy atom. The summed E-state index contributed by atoms with van der Waals surface area (Å²) in [5.41, 5.74) is 7.07. The van der Waals surface area contributed by atoms with Crippen molar-refractivity contribution in [3.05, 3.63) is 72.8 Å². The molecule has 0 spiro atoms. The van der Waals surface area contributed by atoms with Crippen LogP contribution in [0.15, 0.2) is 72.8 Å². The topological polar surface area (TPSA) is 47.4 Å². The lowest BCUT2D eigenvalue weighted by molar-refractivity contribution is 1.50. The Labute approximate surface area is 194 Å². The van der Waals surface area contributed by atoms with Crippen LogP contribution in [0.1, 0.15) is 41.5 Å². The van der Waals surface area contributed by atoms with Crippen molar-refractivity contribution < 1.29 is 0 Å². The normalized spacial score (nSPS) is 10.7. The summed E-state index contributed by atoms with van der Waals surface area (Å²) >= 11 is 0. The largest absolute Gasteiger partial charge is 0.354 e. The first-order valence-corrected chi connectivity index (χ1v) is 12.2. The lowest BCUT2D eigenvalue weighted by Crippen LogP contribution is -1.77. The molecule has 0 radical (unpaired) electrons. The minimum absolute atomic E-state index is 1.17. The summed E-state index contributed by atoms with van der Waals surface area (Å²) < 4.78 is 0. The Bertz CT molecular complexity index is 1670. The highest BCUT2D eigenvalue weighted by molar-refractivity contribution is 6.39. The first-order valence-electron chi connectivity index (χ1n) is 12.2. The molecule has 0 aliphatic heterocycles. The van der Waals surface area contributed by atoms with E-state index in [2.05, 4.69) is 87.7 Å². The van der Waals surface area contributed by atoms with E-state index in [0.717, 1.165) is 0 Å². The highest BCUT2D eigenvalue weighted by Gasteiger charge is 2.20. The maximum absolute atomic E-state index is 3.71. The smallest absolute Gasteiger partial charge is 0.0732 e. The minimum atomic E-state index is 1.17. The molecular formula is C30H33N3. The number of aromatic amines is 3. The molecule has 0 unspecified atom stereocenters. The molecule has 0 atom stereocenters.